The van der Waals surface area contributed by atoms with E-state index < -0.39 is 5.54 Å². The number of amides is 1. The zero-order valence-corrected chi connectivity index (χ0v) is 18.6. The highest BCUT2D eigenvalue weighted by Crippen LogP contribution is 2.25. The monoisotopic (exact) mass is 445 g/mol. The first-order chi connectivity index (χ1) is 16.1. The predicted octanol–water partition coefficient (Wildman–Crippen LogP) is 3.45. The van der Waals surface area contributed by atoms with E-state index in [4.69, 9.17) is 14.6 Å². The molecule has 2 aromatic carbocycles. The topological polar surface area (TPSA) is 82.5 Å². The number of methoxy groups -OCH3 is 1. The average Bonchev–Trinajstić information content (AvgIpc) is 3.46. The molecule has 1 amide bonds. The van der Waals surface area contributed by atoms with Gasteiger partial charge in [-0.15, -0.1) is 0 Å². The van der Waals surface area contributed by atoms with Crippen molar-refractivity contribution in [1.82, 2.24) is 15.1 Å². The molecule has 7 heteroatoms. The van der Waals surface area contributed by atoms with E-state index in [1.54, 1.807) is 6.08 Å². The van der Waals surface area contributed by atoms with Gasteiger partial charge in [0.05, 0.1) is 37.9 Å². The van der Waals surface area contributed by atoms with Gasteiger partial charge < -0.3 is 14.8 Å². The lowest BCUT2D eigenvalue weighted by Crippen LogP contribution is -2.50. The quantitative estimate of drug-likeness (QED) is 0.424. The van der Waals surface area contributed by atoms with Gasteiger partial charge >= 0.3 is 5.97 Å². The third-order valence-electron chi connectivity index (χ3n) is 5.64. The zero-order valence-electron chi connectivity index (χ0n) is 18.6. The van der Waals surface area contributed by atoms with E-state index in [2.05, 4.69) is 17.4 Å². The van der Waals surface area contributed by atoms with Gasteiger partial charge in [-0.05, 0) is 18.1 Å². The molecular weight excluding hydrogens is 418 g/mol. The maximum Gasteiger partial charge on any atom is 0.307 e. The van der Waals surface area contributed by atoms with Gasteiger partial charge in [-0.3, -0.25) is 14.3 Å². The number of aromatic nitrogens is 2. The van der Waals surface area contributed by atoms with Crippen LogP contribution < -0.4 is 5.32 Å². The fraction of sp³-hybridized carbons (Fsp3) is 0.269. The molecule has 1 aliphatic rings. The van der Waals surface area contributed by atoms with Crippen LogP contribution in [0, 0.1) is 0 Å². The number of carbonyl (C=O) groups excluding carboxylic acids is 2. The van der Waals surface area contributed by atoms with Crippen LogP contribution in [0.4, 0.5) is 0 Å². The lowest BCUT2D eigenvalue weighted by molar-refractivity contribution is -0.142. The fourth-order valence-electron chi connectivity index (χ4n) is 3.94. The van der Waals surface area contributed by atoms with Crippen molar-refractivity contribution < 1.29 is 19.1 Å². The van der Waals surface area contributed by atoms with E-state index >= 15 is 0 Å². The second-order valence-corrected chi connectivity index (χ2v) is 8.14. The smallest absolute Gasteiger partial charge is 0.307 e. The summed E-state index contributed by atoms with van der Waals surface area (Å²) in [5.74, 6) is -0.669. The van der Waals surface area contributed by atoms with Crippen molar-refractivity contribution in [1.29, 1.82) is 0 Å². The Morgan fingerprint density at radius 3 is 2.55 bits per heavy atom. The summed E-state index contributed by atoms with van der Waals surface area (Å²) in [6.45, 7) is 1.40. The van der Waals surface area contributed by atoms with Gasteiger partial charge in [-0.1, -0.05) is 60.7 Å². The van der Waals surface area contributed by atoms with E-state index in [0.717, 1.165) is 22.4 Å². The minimum Gasteiger partial charge on any atom is -0.469 e. The maximum absolute atomic E-state index is 12.8. The summed E-state index contributed by atoms with van der Waals surface area (Å²) in [5.41, 5.74) is 2.99. The lowest BCUT2D eigenvalue weighted by atomic mass is 9.94. The molecule has 1 aromatic heterocycles. The normalized spacial score (nSPS) is 17.8. The van der Waals surface area contributed by atoms with Crippen LogP contribution in [0.15, 0.2) is 72.9 Å². The summed E-state index contributed by atoms with van der Waals surface area (Å²) < 4.78 is 12.1. The van der Waals surface area contributed by atoms with Crippen LogP contribution >= 0.6 is 0 Å². The van der Waals surface area contributed by atoms with Gasteiger partial charge in [0.2, 0.25) is 5.91 Å². The Labute approximate surface area is 193 Å². The molecule has 1 unspecified atom stereocenters. The largest absolute Gasteiger partial charge is 0.469 e. The second kappa shape index (κ2) is 10.3. The molecule has 0 spiro atoms. The van der Waals surface area contributed by atoms with E-state index in [9.17, 15) is 9.59 Å². The molecule has 33 heavy (non-hydrogen) atoms. The summed E-state index contributed by atoms with van der Waals surface area (Å²) in [7, 11) is 1.34. The number of esters is 1. The van der Waals surface area contributed by atoms with E-state index in [-0.39, 0.29) is 24.9 Å². The van der Waals surface area contributed by atoms with Gasteiger partial charge in [0.15, 0.2) is 0 Å². The Morgan fingerprint density at radius 2 is 1.88 bits per heavy atom. The van der Waals surface area contributed by atoms with Crippen molar-refractivity contribution in [3.63, 3.8) is 0 Å². The van der Waals surface area contributed by atoms with Crippen LogP contribution in [0.2, 0.25) is 0 Å². The number of nitrogens with one attached hydrogen (secondary N) is 1. The Balaban J connectivity index is 1.55. The zero-order chi connectivity index (χ0) is 23.1. The van der Waals surface area contributed by atoms with Gasteiger partial charge in [0.25, 0.3) is 0 Å². The minimum atomic E-state index is -0.742. The molecule has 1 fully saturated rings. The molecule has 4 rings (SSSR count). The Kier molecular flexibility index (Phi) is 7.00. The van der Waals surface area contributed by atoms with Crippen molar-refractivity contribution in [3.8, 4) is 11.3 Å². The molecular formula is C26H27N3O4. The summed E-state index contributed by atoms with van der Waals surface area (Å²) in [6.07, 6.45) is 5.81. The van der Waals surface area contributed by atoms with E-state index in [1.807, 2.05) is 59.4 Å². The number of benzene rings is 2. The summed E-state index contributed by atoms with van der Waals surface area (Å²) in [6, 6.07) is 20.0. The third-order valence-corrected chi connectivity index (χ3v) is 5.64. The van der Waals surface area contributed by atoms with Gasteiger partial charge in [-0.25, -0.2) is 0 Å². The molecule has 1 aliphatic heterocycles. The van der Waals surface area contributed by atoms with Crippen LogP contribution in [-0.2, 0) is 25.6 Å². The Morgan fingerprint density at radius 1 is 1.15 bits per heavy atom. The molecule has 2 heterocycles. The highest BCUT2D eigenvalue weighted by Gasteiger charge is 2.38. The number of nitrogens with zero attached hydrogens (tertiary/aromatic N) is 2. The average molecular weight is 446 g/mol. The molecule has 1 atom stereocenters. The lowest BCUT2D eigenvalue weighted by Gasteiger charge is -2.26. The molecule has 0 aliphatic carbocycles. The van der Waals surface area contributed by atoms with Crippen molar-refractivity contribution in [2.24, 2.45) is 0 Å². The Bertz CT molecular complexity index is 1120. The summed E-state index contributed by atoms with van der Waals surface area (Å²) in [5, 5.41) is 7.73. The number of carbonyl (C=O) groups is 2. The maximum atomic E-state index is 12.8. The standard InChI is InChI=1S/C26H27N3O4/c1-32-24(31)16-26(14-15-33-19-26)27-23(30)13-12-22-18-29(17-20-8-4-2-5-9-20)28-25(22)21-10-6-3-7-11-21/h2-13,18H,14-17,19H2,1H3,(H,27,30)/b13-12+. The third kappa shape index (κ3) is 5.75. The van der Waals surface area contributed by atoms with Crippen molar-refractivity contribution in [2.45, 2.75) is 24.9 Å². The first-order valence-electron chi connectivity index (χ1n) is 10.9. The molecule has 1 N–H and O–H groups in total. The van der Waals surface area contributed by atoms with Crippen LogP contribution in [0.25, 0.3) is 17.3 Å². The number of hydrogen-bond donors (Lipinski definition) is 1. The highest BCUT2D eigenvalue weighted by atomic mass is 16.5. The number of ether oxygens (including phenoxy) is 2. The van der Waals surface area contributed by atoms with E-state index in [1.165, 1.54) is 13.2 Å². The van der Waals surface area contributed by atoms with Crippen LogP contribution in [0.3, 0.4) is 0 Å². The summed E-state index contributed by atoms with van der Waals surface area (Å²) >= 11 is 0. The predicted molar refractivity (Wildman–Crippen MR) is 125 cm³/mol. The molecule has 3 aromatic rings. The van der Waals surface area contributed by atoms with Crippen LogP contribution in [0.5, 0.6) is 0 Å². The summed E-state index contributed by atoms with van der Waals surface area (Å²) in [4.78, 5) is 24.6. The van der Waals surface area contributed by atoms with E-state index in [0.29, 0.717) is 19.6 Å². The highest BCUT2D eigenvalue weighted by molar-refractivity contribution is 5.93. The SMILES string of the molecule is COC(=O)CC1(NC(=O)/C=C/c2cn(Cc3ccccc3)nc2-c2ccccc2)CCOC1. The molecule has 0 saturated carbocycles. The Hall–Kier alpha value is -3.71. The number of rotatable bonds is 8. The van der Waals surface area contributed by atoms with Crippen molar-refractivity contribution in [2.75, 3.05) is 20.3 Å². The molecule has 170 valence electrons. The van der Waals surface area contributed by atoms with Gasteiger partial charge in [0.1, 0.15) is 0 Å². The number of hydrogen-bond acceptors (Lipinski definition) is 5. The second-order valence-electron chi connectivity index (χ2n) is 8.14. The van der Waals surface area contributed by atoms with Gasteiger partial charge in [0, 0.05) is 30.0 Å². The first kappa shape index (κ1) is 22.5. The molecule has 0 radical (unpaired) electrons. The minimum absolute atomic E-state index is 0.0767. The first-order valence-corrected chi connectivity index (χ1v) is 10.9. The van der Waals surface area contributed by atoms with Gasteiger partial charge in [-0.2, -0.15) is 5.10 Å². The fourth-order valence-corrected chi connectivity index (χ4v) is 3.94. The van der Waals surface area contributed by atoms with Crippen LogP contribution in [0.1, 0.15) is 24.0 Å². The molecule has 7 nitrogen and oxygen atoms in total. The van der Waals surface area contributed by atoms with Crippen LogP contribution in [-0.4, -0.2) is 47.5 Å². The molecule has 0 bridgehead atoms. The van der Waals surface area contributed by atoms with Crippen molar-refractivity contribution >= 4 is 18.0 Å². The van der Waals surface area contributed by atoms with Crippen molar-refractivity contribution in [3.05, 3.63) is 84.1 Å². The molecule has 1 saturated heterocycles.